The number of hydrogen-bond acceptors (Lipinski definition) is 4. The molecular formula is C16H28N4. The number of rotatable bonds is 6. The number of likely N-dealkylation sites (tertiary alicyclic amines) is 1. The van der Waals surface area contributed by atoms with Gasteiger partial charge in [0, 0.05) is 25.8 Å². The topological polar surface area (TPSA) is 31.4 Å². The van der Waals surface area contributed by atoms with Crippen LogP contribution in [0.25, 0.3) is 0 Å². The molecule has 1 N–H and O–H groups in total. The third-order valence-corrected chi connectivity index (χ3v) is 4.16. The molecule has 0 radical (unpaired) electrons. The maximum absolute atomic E-state index is 4.55. The molecule has 1 saturated heterocycles. The third-order valence-electron chi connectivity index (χ3n) is 4.16. The van der Waals surface area contributed by atoms with Crippen LogP contribution in [0.3, 0.4) is 0 Å². The van der Waals surface area contributed by atoms with Crippen LogP contribution in [0.1, 0.15) is 31.7 Å². The van der Waals surface area contributed by atoms with Crippen LogP contribution in [0.5, 0.6) is 0 Å². The van der Waals surface area contributed by atoms with E-state index in [1.807, 2.05) is 6.20 Å². The summed E-state index contributed by atoms with van der Waals surface area (Å²) in [6.45, 7) is 6.57. The van der Waals surface area contributed by atoms with E-state index < -0.39 is 0 Å². The Morgan fingerprint density at radius 2 is 2.15 bits per heavy atom. The van der Waals surface area contributed by atoms with Crippen LogP contribution in [-0.2, 0) is 6.54 Å². The lowest BCUT2D eigenvalue weighted by atomic mass is 10.0. The van der Waals surface area contributed by atoms with Crippen LogP contribution in [0.2, 0.25) is 0 Å². The van der Waals surface area contributed by atoms with Crippen LogP contribution >= 0.6 is 0 Å². The molecule has 4 nitrogen and oxygen atoms in total. The van der Waals surface area contributed by atoms with Crippen molar-refractivity contribution in [3.05, 3.63) is 23.9 Å². The Hall–Kier alpha value is -1.13. The summed E-state index contributed by atoms with van der Waals surface area (Å²) in [5, 5.41) is 3.45. The summed E-state index contributed by atoms with van der Waals surface area (Å²) >= 11 is 0. The van der Waals surface area contributed by atoms with Gasteiger partial charge < -0.3 is 15.1 Å². The molecule has 112 valence electrons. The highest BCUT2D eigenvalue weighted by Gasteiger charge is 2.21. The first-order valence-electron chi connectivity index (χ1n) is 7.77. The highest BCUT2D eigenvalue weighted by atomic mass is 15.2. The average Bonchev–Trinajstić information content (AvgIpc) is 2.48. The van der Waals surface area contributed by atoms with Crippen LogP contribution in [0.15, 0.2) is 18.3 Å². The molecule has 1 fully saturated rings. The molecule has 20 heavy (non-hydrogen) atoms. The van der Waals surface area contributed by atoms with Crippen LogP contribution in [0.4, 0.5) is 5.82 Å². The van der Waals surface area contributed by atoms with E-state index in [4.69, 9.17) is 0 Å². The number of hydrogen-bond donors (Lipinski definition) is 1. The lowest BCUT2D eigenvalue weighted by Gasteiger charge is -2.35. The molecule has 0 spiro atoms. The molecule has 2 rings (SSSR count). The number of nitrogens with one attached hydrogen (secondary N) is 1. The van der Waals surface area contributed by atoms with Gasteiger partial charge in [-0.2, -0.15) is 0 Å². The maximum Gasteiger partial charge on any atom is 0.128 e. The molecule has 0 saturated carbocycles. The van der Waals surface area contributed by atoms with E-state index in [1.165, 1.54) is 37.9 Å². The van der Waals surface area contributed by atoms with Gasteiger partial charge >= 0.3 is 0 Å². The van der Waals surface area contributed by atoms with E-state index in [2.05, 4.69) is 53.3 Å². The van der Waals surface area contributed by atoms with Gasteiger partial charge in [-0.1, -0.05) is 6.92 Å². The Morgan fingerprint density at radius 1 is 1.40 bits per heavy atom. The monoisotopic (exact) mass is 276 g/mol. The van der Waals surface area contributed by atoms with E-state index in [-0.39, 0.29) is 0 Å². The molecule has 0 atom stereocenters. The highest BCUT2D eigenvalue weighted by molar-refractivity contribution is 5.41. The molecule has 1 aromatic heterocycles. The van der Waals surface area contributed by atoms with Crippen LogP contribution < -0.4 is 10.2 Å². The summed E-state index contributed by atoms with van der Waals surface area (Å²) in [6.07, 6.45) is 5.57. The molecule has 0 aromatic carbocycles. The molecule has 1 aliphatic heterocycles. The molecule has 1 aromatic rings. The summed E-state index contributed by atoms with van der Waals surface area (Å²) in [5.74, 6) is 1.11. The van der Waals surface area contributed by atoms with Crippen molar-refractivity contribution in [1.82, 2.24) is 15.2 Å². The molecule has 0 bridgehead atoms. The van der Waals surface area contributed by atoms with Gasteiger partial charge in [0.2, 0.25) is 0 Å². The summed E-state index contributed by atoms with van der Waals surface area (Å²) < 4.78 is 0. The zero-order valence-electron chi connectivity index (χ0n) is 13.1. The van der Waals surface area contributed by atoms with Gasteiger partial charge in [0.15, 0.2) is 0 Å². The molecule has 1 aliphatic rings. The van der Waals surface area contributed by atoms with Gasteiger partial charge in [-0.25, -0.2) is 4.98 Å². The number of anilines is 1. The van der Waals surface area contributed by atoms with Crippen molar-refractivity contribution in [3.63, 3.8) is 0 Å². The quantitative estimate of drug-likeness (QED) is 0.806. The largest absolute Gasteiger partial charge is 0.357 e. The highest BCUT2D eigenvalue weighted by Crippen LogP contribution is 2.20. The van der Waals surface area contributed by atoms with Crippen molar-refractivity contribution in [2.24, 2.45) is 0 Å². The fourth-order valence-electron chi connectivity index (χ4n) is 2.74. The predicted octanol–water partition coefficient (Wildman–Crippen LogP) is 2.11. The normalized spacial score (nSPS) is 17.4. The minimum absolute atomic E-state index is 0.623. The van der Waals surface area contributed by atoms with Gasteiger partial charge in [-0.3, -0.25) is 0 Å². The van der Waals surface area contributed by atoms with Gasteiger partial charge in [-0.15, -0.1) is 0 Å². The second kappa shape index (κ2) is 7.60. The average molecular weight is 276 g/mol. The van der Waals surface area contributed by atoms with Crippen LogP contribution in [0, 0.1) is 0 Å². The second-order valence-corrected chi connectivity index (χ2v) is 5.84. The van der Waals surface area contributed by atoms with E-state index in [1.54, 1.807) is 0 Å². The lowest BCUT2D eigenvalue weighted by molar-refractivity contribution is 0.252. The van der Waals surface area contributed by atoms with E-state index in [9.17, 15) is 0 Å². The Morgan fingerprint density at radius 3 is 2.85 bits per heavy atom. The standard InChI is InChI=1S/C16H28N4/c1-4-8-17-13-14-5-9-18-16(12-14)20(3)15-6-10-19(2)11-7-15/h5,9,12,15,17H,4,6-8,10-11,13H2,1-3H3. The minimum Gasteiger partial charge on any atom is -0.357 e. The fourth-order valence-corrected chi connectivity index (χ4v) is 2.74. The number of piperidine rings is 1. The lowest BCUT2D eigenvalue weighted by Crippen LogP contribution is -2.42. The molecule has 0 amide bonds. The predicted molar refractivity (Wildman–Crippen MR) is 85.2 cm³/mol. The molecule has 0 unspecified atom stereocenters. The van der Waals surface area contributed by atoms with E-state index in [0.29, 0.717) is 6.04 Å². The van der Waals surface area contributed by atoms with Gasteiger partial charge in [0.05, 0.1) is 0 Å². The summed E-state index contributed by atoms with van der Waals surface area (Å²) in [7, 11) is 4.38. The van der Waals surface area contributed by atoms with E-state index >= 15 is 0 Å². The van der Waals surface area contributed by atoms with Crippen molar-refractivity contribution in [3.8, 4) is 0 Å². The first-order valence-corrected chi connectivity index (χ1v) is 7.77. The number of pyridine rings is 1. The van der Waals surface area contributed by atoms with Crippen molar-refractivity contribution in [2.45, 2.75) is 38.8 Å². The second-order valence-electron chi connectivity index (χ2n) is 5.84. The smallest absolute Gasteiger partial charge is 0.128 e. The zero-order chi connectivity index (χ0) is 14.4. The van der Waals surface area contributed by atoms with Gasteiger partial charge in [0.25, 0.3) is 0 Å². The Kier molecular flexibility index (Phi) is 5.80. The van der Waals surface area contributed by atoms with Crippen molar-refractivity contribution >= 4 is 5.82 Å². The SMILES string of the molecule is CCCNCc1ccnc(N(C)C2CCN(C)CC2)c1. The summed E-state index contributed by atoms with van der Waals surface area (Å²) in [4.78, 5) is 9.31. The van der Waals surface area contributed by atoms with Crippen LogP contribution in [-0.4, -0.2) is 49.7 Å². The fraction of sp³-hybridized carbons (Fsp3) is 0.688. The number of nitrogens with zero attached hydrogens (tertiary/aromatic N) is 3. The number of aromatic nitrogens is 1. The van der Waals surface area contributed by atoms with Gasteiger partial charge in [0.1, 0.15) is 5.82 Å². The Bertz CT molecular complexity index is 399. The first-order chi connectivity index (χ1) is 9.70. The third kappa shape index (κ3) is 4.18. The summed E-state index contributed by atoms with van der Waals surface area (Å²) in [5.41, 5.74) is 1.32. The van der Waals surface area contributed by atoms with Crippen molar-refractivity contribution < 1.29 is 0 Å². The first kappa shape index (κ1) is 15.3. The Balaban J connectivity index is 1.95. The summed E-state index contributed by atoms with van der Waals surface area (Å²) in [6, 6.07) is 4.95. The minimum atomic E-state index is 0.623. The van der Waals surface area contributed by atoms with Crippen molar-refractivity contribution in [2.75, 3.05) is 38.6 Å². The molecular weight excluding hydrogens is 248 g/mol. The Labute approximate surface area is 123 Å². The molecule has 2 heterocycles. The molecule has 0 aliphatic carbocycles. The van der Waals surface area contributed by atoms with E-state index in [0.717, 1.165) is 18.9 Å². The maximum atomic E-state index is 4.55. The zero-order valence-corrected chi connectivity index (χ0v) is 13.1. The van der Waals surface area contributed by atoms with Gasteiger partial charge in [-0.05, 0) is 63.6 Å². The molecule has 4 heteroatoms. The van der Waals surface area contributed by atoms with Crippen molar-refractivity contribution in [1.29, 1.82) is 0 Å².